The predicted molar refractivity (Wildman–Crippen MR) is 108 cm³/mol. The second-order valence-electron chi connectivity index (χ2n) is 6.28. The molecule has 1 amide bonds. The highest BCUT2D eigenvalue weighted by atomic mass is 35.5. The lowest BCUT2D eigenvalue weighted by molar-refractivity contribution is -0.120. The van der Waals surface area contributed by atoms with E-state index in [0.717, 1.165) is 35.6 Å². The van der Waals surface area contributed by atoms with Gasteiger partial charge in [-0.1, -0.05) is 30.7 Å². The Balaban J connectivity index is 1.62. The van der Waals surface area contributed by atoms with Gasteiger partial charge in [0.2, 0.25) is 5.91 Å². The lowest BCUT2D eigenvalue weighted by Crippen LogP contribution is -2.25. The number of imidazole rings is 1. The smallest absolute Gasteiger partial charge is 0.219 e. The lowest BCUT2D eigenvalue weighted by atomic mass is 10.3. The molecule has 0 atom stereocenters. The van der Waals surface area contributed by atoms with E-state index < -0.39 is 0 Å². The van der Waals surface area contributed by atoms with Crippen LogP contribution in [0.4, 0.5) is 0 Å². The Kier molecular flexibility index (Phi) is 6.71. The van der Waals surface area contributed by atoms with Crippen LogP contribution in [0, 0.1) is 0 Å². The van der Waals surface area contributed by atoms with Crippen LogP contribution in [0.15, 0.2) is 48.5 Å². The fourth-order valence-corrected chi connectivity index (χ4v) is 3.07. The molecule has 3 rings (SSSR count). The number of aromatic nitrogens is 2. The van der Waals surface area contributed by atoms with Gasteiger partial charge in [0.15, 0.2) is 0 Å². The van der Waals surface area contributed by atoms with Crippen LogP contribution in [0.5, 0.6) is 5.75 Å². The van der Waals surface area contributed by atoms with E-state index in [4.69, 9.17) is 21.3 Å². The van der Waals surface area contributed by atoms with E-state index in [2.05, 4.69) is 16.0 Å². The predicted octanol–water partition coefficient (Wildman–Crippen LogP) is 4.23. The molecule has 27 heavy (non-hydrogen) atoms. The van der Waals surface area contributed by atoms with Gasteiger partial charge in [0, 0.05) is 31.0 Å². The van der Waals surface area contributed by atoms with E-state index >= 15 is 0 Å². The number of rotatable bonds is 9. The molecule has 0 fully saturated rings. The van der Waals surface area contributed by atoms with Gasteiger partial charge in [0.25, 0.3) is 0 Å². The third-order valence-corrected chi connectivity index (χ3v) is 4.59. The van der Waals surface area contributed by atoms with E-state index in [0.29, 0.717) is 31.0 Å². The number of halogens is 1. The molecule has 0 saturated carbocycles. The highest BCUT2D eigenvalue weighted by molar-refractivity contribution is 6.30. The zero-order valence-electron chi connectivity index (χ0n) is 15.5. The molecule has 1 heterocycles. The third-order valence-electron chi connectivity index (χ3n) is 4.33. The first-order valence-corrected chi connectivity index (χ1v) is 9.64. The van der Waals surface area contributed by atoms with Crippen molar-refractivity contribution < 1.29 is 9.53 Å². The van der Waals surface area contributed by atoms with Crippen LogP contribution in [0.1, 0.15) is 25.6 Å². The number of amides is 1. The number of carbonyl (C=O) groups is 1. The van der Waals surface area contributed by atoms with Crippen molar-refractivity contribution in [3.63, 3.8) is 0 Å². The van der Waals surface area contributed by atoms with E-state index in [-0.39, 0.29) is 5.91 Å². The maximum atomic E-state index is 11.5. The summed E-state index contributed by atoms with van der Waals surface area (Å²) in [5.74, 6) is 1.87. The number of fused-ring (bicyclic) bond motifs is 1. The number of hydrogen-bond donors (Lipinski definition) is 1. The second-order valence-corrected chi connectivity index (χ2v) is 6.71. The fourth-order valence-electron chi connectivity index (χ4n) is 2.95. The molecule has 0 bridgehead atoms. The topological polar surface area (TPSA) is 56.2 Å². The van der Waals surface area contributed by atoms with Gasteiger partial charge in [-0.25, -0.2) is 4.98 Å². The number of benzene rings is 2. The lowest BCUT2D eigenvalue weighted by Gasteiger charge is -2.11. The van der Waals surface area contributed by atoms with Crippen LogP contribution in [0.3, 0.4) is 0 Å². The summed E-state index contributed by atoms with van der Waals surface area (Å²) in [6.07, 6.45) is 2.06. The average Bonchev–Trinajstić information content (AvgIpc) is 3.04. The third kappa shape index (κ3) is 5.23. The van der Waals surface area contributed by atoms with Crippen LogP contribution in [-0.2, 0) is 17.8 Å². The monoisotopic (exact) mass is 385 g/mol. The quantitative estimate of drug-likeness (QED) is 0.561. The fraction of sp³-hybridized carbons (Fsp3) is 0.333. The van der Waals surface area contributed by atoms with Crippen LogP contribution in [0.2, 0.25) is 5.02 Å². The van der Waals surface area contributed by atoms with Gasteiger partial charge in [-0.15, -0.1) is 0 Å². The molecule has 142 valence electrons. The van der Waals surface area contributed by atoms with Crippen molar-refractivity contribution in [3.8, 4) is 5.75 Å². The van der Waals surface area contributed by atoms with Gasteiger partial charge in [0.1, 0.15) is 11.6 Å². The number of para-hydroxylation sites is 2. The number of nitrogens with one attached hydrogen (secondary N) is 1. The van der Waals surface area contributed by atoms with Crippen molar-refractivity contribution in [1.82, 2.24) is 14.9 Å². The minimum Gasteiger partial charge on any atom is -0.494 e. The average molecular weight is 386 g/mol. The van der Waals surface area contributed by atoms with E-state index in [1.807, 2.05) is 49.4 Å². The Hall–Kier alpha value is -2.53. The van der Waals surface area contributed by atoms with Crippen molar-refractivity contribution in [2.75, 3.05) is 13.2 Å². The first-order valence-electron chi connectivity index (χ1n) is 9.26. The number of hydrogen-bond acceptors (Lipinski definition) is 3. The minimum atomic E-state index is 0.0639. The zero-order chi connectivity index (χ0) is 19.1. The van der Waals surface area contributed by atoms with Gasteiger partial charge in [-0.2, -0.15) is 0 Å². The molecule has 1 N–H and O–H groups in total. The van der Waals surface area contributed by atoms with E-state index in [1.54, 1.807) is 0 Å². The first kappa shape index (κ1) is 19.2. The molecule has 0 aliphatic rings. The Bertz CT molecular complexity index is 890. The molecule has 3 aromatic rings. The number of carbonyl (C=O) groups excluding carboxylic acids is 1. The molecule has 2 aromatic carbocycles. The van der Waals surface area contributed by atoms with E-state index in [1.165, 1.54) is 0 Å². The molecule has 0 unspecified atom stereocenters. The van der Waals surface area contributed by atoms with Crippen molar-refractivity contribution in [1.29, 1.82) is 0 Å². The van der Waals surface area contributed by atoms with Crippen molar-refractivity contribution >= 4 is 28.5 Å². The molecule has 5 nitrogen and oxygen atoms in total. The highest BCUT2D eigenvalue weighted by Crippen LogP contribution is 2.18. The second kappa shape index (κ2) is 9.42. The van der Waals surface area contributed by atoms with Gasteiger partial charge < -0.3 is 14.6 Å². The zero-order valence-corrected chi connectivity index (χ0v) is 16.2. The summed E-state index contributed by atoms with van der Waals surface area (Å²) < 4.78 is 8.01. The van der Waals surface area contributed by atoms with Gasteiger partial charge in [0.05, 0.1) is 17.6 Å². The molecule has 0 saturated heterocycles. The Labute approximate surface area is 164 Å². The molecule has 1 aromatic heterocycles. The molecule has 6 heteroatoms. The summed E-state index contributed by atoms with van der Waals surface area (Å²) in [5.41, 5.74) is 2.09. The van der Waals surface area contributed by atoms with E-state index in [9.17, 15) is 4.79 Å². The molecular formula is C21H24ClN3O2. The van der Waals surface area contributed by atoms with Gasteiger partial charge in [-0.05, 0) is 42.8 Å². The van der Waals surface area contributed by atoms with Gasteiger partial charge in [-0.3, -0.25) is 4.79 Å². The van der Waals surface area contributed by atoms with Crippen molar-refractivity contribution in [2.24, 2.45) is 0 Å². The van der Waals surface area contributed by atoms with Crippen LogP contribution >= 0.6 is 11.6 Å². The summed E-state index contributed by atoms with van der Waals surface area (Å²) in [6.45, 7) is 3.87. The van der Waals surface area contributed by atoms with Crippen LogP contribution in [-0.4, -0.2) is 28.6 Å². The summed E-state index contributed by atoms with van der Waals surface area (Å²) >= 11 is 5.89. The normalized spacial score (nSPS) is 10.9. The maximum absolute atomic E-state index is 11.5. The maximum Gasteiger partial charge on any atom is 0.219 e. The highest BCUT2D eigenvalue weighted by Gasteiger charge is 2.10. The van der Waals surface area contributed by atoms with Crippen molar-refractivity contribution in [3.05, 3.63) is 59.4 Å². The van der Waals surface area contributed by atoms with Gasteiger partial charge >= 0.3 is 0 Å². The molecular weight excluding hydrogens is 362 g/mol. The van der Waals surface area contributed by atoms with Crippen LogP contribution in [0.25, 0.3) is 11.0 Å². The standard InChI is InChI=1S/C21H24ClN3O2/c1-2-21(26)23-13-12-20-24-18-6-3-4-7-19(18)25(20)14-5-15-27-17-10-8-16(22)9-11-17/h3-4,6-11H,2,5,12-15H2,1H3,(H,23,26). The Morgan fingerprint density at radius 3 is 2.74 bits per heavy atom. The molecule has 0 spiro atoms. The molecule has 0 aliphatic heterocycles. The van der Waals surface area contributed by atoms with Crippen LogP contribution < -0.4 is 10.1 Å². The molecule has 0 aliphatic carbocycles. The largest absolute Gasteiger partial charge is 0.494 e. The summed E-state index contributed by atoms with van der Waals surface area (Å²) in [5, 5.41) is 3.62. The first-order chi connectivity index (χ1) is 13.2. The van der Waals surface area contributed by atoms with Crippen molar-refractivity contribution in [2.45, 2.75) is 32.7 Å². The number of ether oxygens (including phenoxy) is 1. The molecule has 0 radical (unpaired) electrons. The summed E-state index contributed by atoms with van der Waals surface area (Å²) in [6, 6.07) is 15.5. The summed E-state index contributed by atoms with van der Waals surface area (Å²) in [7, 11) is 0. The Morgan fingerprint density at radius 2 is 1.96 bits per heavy atom. The minimum absolute atomic E-state index is 0.0639. The number of nitrogens with zero attached hydrogens (tertiary/aromatic N) is 2. The SMILES string of the molecule is CCC(=O)NCCc1nc2ccccc2n1CCCOc1ccc(Cl)cc1. The summed E-state index contributed by atoms with van der Waals surface area (Å²) in [4.78, 5) is 16.2. The number of aryl methyl sites for hydroxylation is 1. The Morgan fingerprint density at radius 1 is 1.19 bits per heavy atom.